The number of esters is 1. The van der Waals surface area contributed by atoms with Gasteiger partial charge in [0.2, 0.25) is 0 Å². The maximum Gasteiger partial charge on any atom is 0.305 e. The minimum atomic E-state index is -0.272. The van der Waals surface area contributed by atoms with Crippen LogP contribution in [0.3, 0.4) is 0 Å². The molecule has 90 valence electrons. The Bertz CT molecular complexity index is 438. The van der Waals surface area contributed by atoms with Gasteiger partial charge in [-0.3, -0.25) is 4.79 Å². The number of carbonyl (C=O) groups excluding carboxylic acids is 1. The summed E-state index contributed by atoms with van der Waals surface area (Å²) < 4.78 is 9.89. The molecule has 5 nitrogen and oxygen atoms in total. The van der Waals surface area contributed by atoms with Crippen molar-refractivity contribution in [3.8, 4) is 11.8 Å². The van der Waals surface area contributed by atoms with Crippen LogP contribution in [0.25, 0.3) is 0 Å². The fourth-order valence-electron chi connectivity index (χ4n) is 1.26. The molecule has 0 bridgehead atoms. The van der Waals surface area contributed by atoms with E-state index in [-0.39, 0.29) is 5.97 Å². The molecule has 0 saturated heterocycles. The molecular formula is C12H14N2O3. The topological polar surface area (TPSA) is 85.3 Å². The highest BCUT2D eigenvalue weighted by atomic mass is 16.5. The number of nitrogens with zero attached hydrogens (tertiary/aromatic N) is 1. The largest absolute Gasteiger partial charge is 0.492 e. The maximum absolute atomic E-state index is 10.8. The Morgan fingerprint density at radius 2 is 2.29 bits per heavy atom. The van der Waals surface area contributed by atoms with Gasteiger partial charge in [-0.15, -0.1) is 0 Å². The van der Waals surface area contributed by atoms with E-state index in [1.807, 2.05) is 6.07 Å². The number of benzene rings is 1. The fourth-order valence-corrected chi connectivity index (χ4v) is 1.26. The molecule has 0 atom stereocenters. The van der Waals surface area contributed by atoms with Crippen LogP contribution in [-0.2, 0) is 9.53 Å². The average Bonchev–Trinajstić information content (AvgIpc) is 2.35. The minimum absolute atomic E-state index is 0.272. The molecule has 2 N–H and O–H groups in total. The molecule has 0 aromatic heterocycles. The lowest BCUT2D eigenvalue weighted by molar-refractivity contribution is -0.140. The van der Waals surface area contributed by atoms with E-state index in [1.165, 1.54) is 7.11 Å². The molecule has 0 aliphatic rings. The van der Waals surface area contributed by atoms with Crippen LogP contribution in [-0.4, -0.2) is 19.7 Å². The number of nitrogens with two attached hydrogens (primary N) is 1. The van der Waals surface area contributed by atoms with Gasteiger partial charge in [0.15, 0.2) is 0 Å². The van der Waals surface area contributed by atoms with Crippen molar-refractivity contribution in [1.29, 1.82) is 5.26 Å². The van der Waals surface area contributed by atoms with Crippen LogP contribution in [0.1, 0.15) is 18.4 Å². The third-order valence-corrected chi connectivity index (χ3v) is 2.13. The van der Waals surface area contributed by atoms with Gasteiger partial charge in [-0.1, -0.05) is 0 Å². The van der Waals surface area contributed by atoms with Gasteiger partial charge in [-0.2, -0.15) is 5.26 Å². The first kappa shape index (κ1) is 12.8. The van der Waals surface area contributed by atoms with E-state index in [9.17, 15) is 4.79 Å². The summed E-state index contributed by atoms with van der Waals surface area (Å²) in [5.41, 5.74) is 6.46. The van der Waals surface area contributed by atoms with E-state index in [4.69, 9.17) is 15.7 Å². The van der Waals surface area contributed by atoms with Crippen LogP contribution >= 0.6 is 0 Å². The van der Waals surface area contributed by atoms with Crippen LogP contribution in [0, 0.1) is 11.3 Å². The quantitative estimate of drug-likeness (QED) is 0.473. The van der Waals surface area contributed by atoms with Crippen LogP contribution in [0.4, 0.5) is 5.69 Å². The van der Waals surface area contributed by atoms with Crippen LogP contribution in [0.15, 0.2) is 18.2 Å². The average molecular weight is 234 g/mol. The van der Waals surface area contributed by atoms with Gasteiger partial charge in [0.25, 0.3) is 0 Å². The Hall–Kier alpha value is -2.22. The summed E-state index contributed by atoms with van der Waals surface area (Å²) in [6.07, 6.45) is 0.843. The van der Waals surface area contributed by atoms with E-state index < -0.39 is 0 Å². The van der Waals surface area contributed by atoms with E-state index in [1.54, 1.807) is 18.2 Å². The van der Waals surface area contributed by atoms with E-state index in [0.29, 0.717) is 36.4 Å². The van der Waals surface area contributed by atoms with Crippen molar-refractivity contribution < 1.29 is 14.3 Å². The Balaban J connectivity index is 2.47. The monoisotopic (exact) mass is 234 g/mol. The number of ether oxygens (including phenoxy) is 2. The van der Waals surface area contributed by atoms with Crippen molar-refractivity contribution in [3.05, 3.63) is 23.8 Å². The lowest BCUT2D eigenvalue weighted by Crippen LogP contribution is -2.05. The SMILES string of the molecule is COC(=O)CCCOc1ccc(N)cc1C#N. The zero-order chi connectivity index (χ0) is 12.7. The first-order valence-corrected chi connectivity index (χ1v) is 5.16. The molecule has 0 spiro atoms. The second kappa shape index (κ2) is 6.38. The molecule has 0 aliphatic carbocycles. The number of nitrogen functional groups attached to an aromatic ring is 1. The molecule has 17 heavy (non-hydrogen) atoms. The molecular weight excluding hydrogens is 220 g/mol. The van der Waals surface area contributed by atoms with Crippen molar-refractivity contribution >= 4 is 11.7 Å². The second-order valence-electron chi connectivity index (χ2n) is 3.40. The van der Waals surface area contributed by atoms with E-state index in [2.05, 4.69) is 4.74 Å². The molecule has 5 heteroatoms. The molecule has 0 saturated carbocycles. The smallest absolute Gasteiger partial charge is 0.305 e. The first-order valence-electron chi connectivity index (χ1n) is 5.16. The Labute approximate surface area is 99.7 Å². The van der Waals surface area contributed by atoms with Gasteiger partial charge in [-0.25, -0.2) is 0 Å². The third kappa shape index (κ3) is 4.03. The molecule has 0 fully saturated rings. The Morgan fingerprint density at radius 1 is 1.53 bits per heavy atom. The van der Waals surface area contributed by atoms with Crippen molar-refractivity contribution in [2.24, 2.45) is 0 Å². The summed E-state index contributed by atoms with van der Waals surface area (Å²) in [6.45, 7) is 0.355. The summed E-state index contributed by atoms with van der Waals surface area (Å²) in [4.78, 5) is 10.8. The molecule has 0 aliphatic heterocycles. The Morgan fingerprint density at radius 3 is 2.94 bits per heavy atom. The summed E-state index contributed by atoms with van der Waals surface area (Å²) in [5, 5.41) is 8.87. The molecule has 0 amide bonds. The predicted octanol–water partition coefficient (Wildman–Crippen LogP) is 1.47. The molecule has 0 heterocycles. The highest BCUT2D eigenvalue weighted by Crippen LogP contribution is 2.20. The van der Waals surface area contributed by atoms with Crippen molar-refractivity contribution in [1.82, 2.24) is 0 Å². The highest BCUT2D eigenvalue weighted by Gasteiger charge is 2.04. The van der Waals surface area contributed by atoms with Gasteiger partial charge >= 0.3 is 5.97 Å². The molecule has 1 aromatic rings. The van der Waals surface area contributed by atoms with E-state index in [0.717, 1.165) is 0 Å². The van der Waals surface area contributed by atoms with Crippen molar-refractivity contribution in [2.75, 3.05) is 19.5 Å². The first-order chi connectivity index (χ1) is 8.17. The van der Waals surface area contributed by atoms with E-state index >= 15 is 0 Å². The number of nitriles is 1. The standard InChI is InChI=1S/C12H14N2O3/c1-16-12(15)3-2-6-17-11-5-4-10(14)7-9(11)8-13/h4-5,7H,2-3,6,14H2,1H3. The Kier molecular flexibility index (Phi) is 4.82. The zero-order valence-corrected chi connectivity index (χ0v) is 9.60. The number of hydrogen-bond acceptors (Lipinski definition) is 5. The summed E-state index contributed by atoms with van der Waals surface area (Å²) in [6, 6.07) is 6.86. The maximum atomic E-state index is 10.8. The van der Waals surface area contributed by atoms with Crippen LogP contribution < -0.4 is 10.5 Å². The normalized spacial score (nSPS) is 9.41. The lowest BCUT2D eigenvalue weighted by atomic mass is 10.2. The summed E-state index contributed by atoms with van der Waals surface area (Å²) >= 11 is 0. The second-order valence-corrected chi connectivity index (χ2v) is 3.40. The zero-order valence-electron chi connectivity index (χ0n) is 9.60. The van der Waals surface area contributed by atoms with Gasteiger partial charge in [-0.05, 0) is 24.6 Å². The molecule has 0 unspecified atom stereocenters. The molecule has 1 aromatic carbocycles. The summed E-state index contributed by atoms with van der Waals surface area (Å²) in [5.74, 6) is 0.206. The molecule has 0 radical (unpaired) electrons. The van der Waals surface area contributed by atoms with Crippen molar-refractivity contribution in [2.45, 2.75) is 12.8 Å². The predicted molar refractivity (Wildman–Crippen MR) is 62.3 cm³/mol. The lowest BCUT2D eigenvalue weighted by Gasteiger charge is -2.07. The van der Waals surface area contributed by atoms with Crippen LogP contribution in [0.2, 0.25) is 0 Å². The third-order valence-electron chi connectivity index (χ3n) is 2.13. The number of methoxy groups -OCH3 is 1. The van der Waals surface area contributed by atoms with Gasteiger partial charge in [0.1, 0.15) is 11.8 Å². The number of rotatable bonds is 5. The number of hydrogen-bond donors (Lipinski definition) is 1. The van der Waals surface area contributed by atoms with Gasteiger partial charge < -0.3 is 15.2 Å². The highest BCUT2D eigenvalue weighted by molar-refractivity contribution is 5.69. The van der Waals surface area contributed by atoms with Crippen LogP contribution in [0.5, 0.6) is 5.75 Å². The summed E-state index contributed by atoms with van der Waals surface area (Å²) in [7, 11) is 1.34. The van der Waals surface area contributed by atoms with Gasteiger partial charge in [0.05, 0.1) is 19.3 Å². The van der Waals surface area contributed by atoms with Crippen molar-refractivity contribution in [3.63, 3.8) is 0 Å². The van der Waals surface area contributed by atoms with Gasteiger partial charge in [0, 0.05) is 12.1 Å². The number of carbonyl (C=O) groups is 1. The number of anilines is 1. The minimum Gasteiger partial charge on any atom is -0.492 e. The molecule has 1 rings (SSSR count). The fraction of sp³-hybridized carbons (Fsp3) is 0.333.